The predicted octanol–water partition coefficient (Wildman–Crippen LogP) is 3.56. The van der Waals surface area contributed by atoms with Gasteiger partial charge in [-0.3, -0.25) is 19.7 Å². The van der Waals surface area contributed by atoms with E-state index in [4.69, 9.17) is 9.47 Å². The number of aliphatic hydroxyl groups excluding tert-OH is 1. The number of ether oxygens (including phenoxy) is 2. The number of carbonyl (C=O) groups is 3. The van der Waals surface area contributed by atoms with E-state index in [9.17, 15) is 24.6 Å². The van der Waals surface area contributed by atoms with E-state index in [0.29, 0.717) is 19.4 Å². The molecule has 10 nitrogen and oxygen atoms in total. The summed E-state index contributed by atoms with van der Waals surface area (Å²) in [4.78, 5) is 42.4. The van der Waals surface area contributed by atoms with E-state index in [2.05, 4.69) is 19.2 Å². The van der Waals surface area contributed by atoms with Gasteiger partial charge in [0.1, 0.15) is 12.3 Å². The van der Waals surface area contributed by atoms with Gasteiger partial charge in [0.05, 0.1) is 30.7 Å². The quantitative estimate of drug-likeness (QED) is 0.217. The Morgan fingerprint density at radius 2 is 1.72 bits per heavy atom. The zero-order chi connectivity index (χ0) is 32.3. The molecule has 1 aromatic carbocycles. The number of rotatable bonds is 18. The summed E-state index contributed by atoms with van der Waals surface area (Å²) in [6.45, 7) is 10.5. The molecule has 1 aromatic rings. The molecule has 244 valence electrons. The maximum Gasteiger partial charge on any atom is 0.321 e. The lowest BCUT2D eigenvalue weighted by Gasteiger charge is -2.40. The summed E-state index contributed by atoms with van der Waals surface area (Å²) >= 11 is 0. The highest BCUT2D eigenvalue weighted by Crippen LogP contribution is 2.30. The fraction of sp³-hybridized carbons (Fsp3) is 0.727. The molecule has 0 radical (unpaired) electrons. The van der Waals surface area contributed by atoms with Crippen LogP contribution in [0, 0.1) is 17.8 Å². The topological polar surface area (TPSA) is 129 Å². The highest BCUT2D eigenvalue weighted by Gasteiger charge is 2.42. The number of nitrogens with zero attached hydrogens (tertiary/aromatic N) is 2. The first-order valence-electron chi connectivity index (χ1n) is 15.7. The van der Waals surface area contributed by atoms with Crippen molar-refractivity contribution in [1.29, 1.82) is 0 Å². The molecule has 0 saturated carbocycles. The first kappa shape index (κ1) is 36.7. The van der Waals surface area contributed by atoms with Crippen molar-refractivity contribution in [2.24, 2.45) is 17.8 Å². The zero-order valence-electron chi connectivity index (χ0n) is 27.4. The minimum absolute atomic E-state index is 0.0375. The van der Waals surface area contributed by atoms with Crippen molar-refractivity contribution in [2.45, 2.75) is 110 Å². The number of aliphatic hydroxyl groups is 1. The molecule has 1 fully saturated rings. The van der Waals surface area contributed by atoms with Crippen molar-refractivity contribution in [3.8, 4) is 0 Å². The number of aliphatic carboxylic acids is 1. The average molecular weight is 606 g/mol. The Kier molecular flexibility index (Phi) is 15.1. The molecule has 3 N–H and O–H groups in total. The molecule has 43 heavy (non-hydrogen) atoms. The monoisotopic (exact) mass is 605 g/mol. The lowest BCUT2D eigenvalue weighted by atomic mass is 9.90. The third-order valence-electron chi connectivity index (χ3n) is 8.95. The molecule has 8 unspecified atom stereocenters. The van der Waals surface area contributed by atoms with E-state index in [1.165, 1.54) is 0 Å². The molecule has 2 rings (SSSR count). The normalized spacial score (nSPS) is 20.2. The Balaban J connectivity index is 2.17. The Morgan fingerprint density at radius 1 is 1.07 bits per heavy atom. The van der Waals surface area contributed by atoms with Crippen LogP contribution >= 0.6 is 0 Å². The van der Waals surface area contributed by atoms with Gasteiger partial charge in [-0.1, -0.05) is 71.4 Å². The van der Waals surface area contributed by atoms with Crippen LogP contribution in [0.25, 0.3) is 0 Å². The number of carbonyl (C=O) groups excluding carboxylic acids is 2. The lowest BCUT2D eigenvalue weighted by molar-refractivity contribution is -0.146. The standard InChI is InChI=1S/C33H55N3O7/c1-9-22(4)30(35(6)28(37)18-21(2)3)27(42-7)20-29(38)36-17-13-16-26(36)31(43-8)23(5)32(39)34-25(33(40)41)19-24-14-11-10-12-15-24/h10-12,14-15,21-23,25-27,30-32,34,39H,9,13,16-20H2,1-8H3,(H,40,41). The molecule has 0 aliphatic carbocycles. The van der Waals surface area contributed by atoms with Gasteiger partial charge in [0.25, 0.3) is 0 Å². The van der Waals surface area contributed by atoms with Crippen molar-refractivity contribution in [3.05, 3.63) is 35.9 Å². The lowest BCUT2D eigenvalue weighted by Crippen LogP contribution is -2.55. The van der Waals surface area contributed by atoms with Gasteiger partial charge in [-0.25, -0.2) is 0 Å². The maximum atomic E-state index is 13.8. The predicted molar refractivity (Wildman–Crippen MR) is 166 cm³/mol. The van der Waals surface area contributed by atoms with E-state index in [0.717, 1.165) is 18.4 Å². The summed E-state index contributed by atoms with van der Waals surface area (Å²) in [5.74, 6) is -1.26. The third-order valence-corrected chi connectivity index (χ3v) is 8.95. The van der Waals surface area contributed by atoms with E-state index in [1.807, 2.05) is 49.1 Å². The van der Waals surface area contributed by atoms with Crippen LogP contribution in [0.2, 0.25) is 0 Å². The maximum absolute atomic E-state index is 13.8. The van der Waals surface area contributed by atoms with Crippen molar-refractivity contribution in [3.63, 3.8) is 0 Å². The van der Waals surface area contributed by atoms with Crippen LogP contribution in [0.5, 0.6) is 0 Å². The van der Waals surface area contributed by atoms with Crippen LogP contribution in [0.15, 0.2) is 30.3 Å². The number of hydrogen-bond acceptors (Lipinski definition) is 7. The molecular weight excluding hydrogens is 550 g/mol. The van der Waals surface area contributed by atoms with E-state index in [-0.39, 0.29) is 48.6 Å². The van der Waals surface area contributed by atoms with Gasteiger partial charge in [0.2, 0.25) is 11.8 Å². The summed E-state index contributed by atoms with van der Waals surface area (Å²) in [5, 5.41) is 23.8. The summed E-state index contributed by atoms with van der Waals surface area (Å²) in [6.07, 6.45) is 0.909. The first-order chi connectivity index (χ1) is 20.4. The fourth-order valence-electron chi connectivity index (χ4n) is 6.30. The summed E-state index contributed by atoms with van der Waals surface area (Å²) in [6, 6.07) is 7.73. The number of likely N-dealkylation sites (tertiary alicyclic amines) is 1. The number of carboxylic acid groups (broad SMARTS) is 1. The molecule has 0 spiro atoms. The van der Waals surface area contributed by atoms with Crippen LogP contribution in [0.3, 0.4) is 0 Å². The van der Waals surface area contributed by atoms with Crippen molar-refractivity contribution in [2.75, 3.05) is 27.8 Å². The summed E-state index contributed by atoms with van der Waals surface area (Å²) in [7, 11) is 4.95. The van der Waals surface area contributed by atoms with Crippen molar-refractivity contribution >= 4 is 17.8 Å². The first-order valence-corrected chi connectivity index (χ1v) is 15.7. The van der Waals surface area contributed by atoms with E-state index < -0.39 is 36.4 Å². The number of amides is 2. The van der Waals surface area contributed by atoms with Crippen LogP contribution in [0.1, 0.15) is 72.3 Å². The van der Waals surface area contributed by atoms with Crippen LogP contribution in [-0.4, -0.2) is 102 Å². The molecular formula is C33H55N3O7. The SMILES string of the molecule is CCC(C)C(C(CC(=O)N1CCCC1C(OC)C(C)C(O)NC(Cc1ccccc1)C(=O)O)OC)N(C)C(=O)CC(C)C. The van der Waals surface area contributed by atoms with Crippen LogP contribution in [0.4, 0.5) is 0 Å². The number of benzene rings is 1. The number of methoxy groups -OCH3 is 2. The van der Waals surface area contributed by atoms with Gasteiger partial charge in [0.15, 0.2) is 0 Å². The van der Waals surface area contributed by atoms with Gasteiger partial charge in [-0.05, 0) is 36.7 Å². The fourth-order valence-corrected chi connectivity index (χ4v) is 6.30. The van der Waals surface area contributed by atoms with Crippen LogP contribution < -0.4 is 5.32 Å². The molecule has 2 amide bonds. The van der Waals surface area contributed by atoms with Gasteiger partial charge < -0.3 is 29.5 Å². The number of hydrogen-bond donors (Lipinski definition) is 3. The average Bonchev–Trinajstić information content (AvgIpc) is 3.46. The molecule has 1 aliphatic rings. The number of likely N-dealkylation sites (N-methyl/N-ethyl adjacent to an activating group) is 1. The highest BCUT2D eigenvalue weighted by molar-refractivity contribution is 5.79. The third kappa shape index (κ3) is 10.3. The highest BCUT2D eigenvalue weighted by atomic mass is 16.5. The Labute approximate surface area is 258 Å². The molecule has 10 heteroatoms. The summed E-state index contributed by atoms with van der Waals surface area (Å²) < 4.78 is 11.8. The molecule has 0 aromatic heterocycles. The van der Waals surface area contributed by atoms with Crippen molar-refractivity contribution in [1.82, 2.24) is 15.1 Å². The largest absolute Gasteiger partial charge is 0.480 e. The Hall–Kier alpha value is -2.53. The molecule has 0 bridgehead atoms. The number of carboxylic acids is 1. The van der Waals surface area contributed by atoms with Crippen LogP contribution in [-0.2, 0) is 30.3 Å². The summed E-state index contributed by atoms with van der Waals surface area (Å²) in [5.41, 5.74) is 0.845. The van der Waals surface area contributed by atoms with Gasteiger partial charge in [-0.2, -0.15) is 0 Å². The van der Waals surface area contributed by atoms with Gasteiger partial charge in [-0.15, -0.1) is 0 Å². The van der Waals surface area contributed by atoms with E-state index in [1.54, 1.807) is 33.1 Å². The second-order valence-electron chi connectivity index (χ2n) is 12.5. The second kappa shape index (κ2) is 17.7. The zero-order valence-corrected chi connectivity index (χ0v) is 27.4. The molecule has 8 atom stereocenters. The minimum atomic E-state index is -1.17. The molecule has 1 aliphatic heterocycles. The molecule has 1 heterocycles. The molecule has 1 saturated heterocycles. The van der Waals surface area contributed by atoms with Gasteiger partial charge in [0, 0.05) is 40.2 Å². The minimum Gasteiger partial charge on any atom is -0.480 e. The Bertz CT molecular complexity index is 1010. The van der Waals surface area contributed by atoms with Gasteiger partial charge >= 0.3 is 5.97 Å². The smallest absolute Gasteiger partial charge is 0.321 e. The van der Waals surface area contributed by atoms with Crippen molar-refractivity contribution < 1.29 is 34.1 Å². The second-order valence-corrected chi connectivity index (χ2v) is 12.5. The number of nitrogens with one attached hydrogen (secondary N) is 1. The van der Waals surface area contributed by atoms with E-state index >= 15 is 0 Å². The Morgan fingerprint density at radius 3 is 2.26 bits per heavy atom.